The van der Waals surface area contributed by atoms with Crippen LogP contribution in [-0.2, 0) is 17.1 Å². The fraction of sp³-hybridized carbons (Fsp3) is 0. The van der Waals surface area contributed by atoms with Crippen LogP contribution >= 0.6 is 0 Å². The molecule has 0 spiro atoms. The van der Waals surface area contributed by atoms with Crippen LogP contribution in [0.25, 0.3) is 0 Å². The molecule has 0 radical (unpaired) electrons. The summed E-state index contributed by atoms with van der Waals surface area (Å²) in [6.07, 6.45) is 20.2. The first-order valence-corrected chi connectivity index (χ1v) is 9.40. The molecule has 0 aliphatic heterocycles. The first-order valence-electron chi connectivity index (χ1n) is 9.40. The van der Waals surface area contributed by atoms with Crippen molar-refractivity contribution in [1.82, 2.24) is 89.4 Å². The van der Waals surface area contributed by atoms with Gasteiger partial charge in [-0.1, -0.05) is 0 Å². The normalized spacial score (nSPS) is 7.87. The van der Waals surface area contributed by atoms with Crippen LogP contribution in [0, 0.1) is 0 Å². The summed E-state index contributed by atoms with van der Waals surface area (Å²) in [5, 5.41) is 46.4. The van der Waals surface area contributed by atoms with Gasteiger partial charge in [-0.05, 0) is 0 Å². The van der Waals surface area contributed by atoms with Crippen LogP contribution in [0.2, 0.25) is 0 Å². The van der Waals surface area contributed by atoms with Gasteiger partial charge in [0.1, 0.15) is 0 Å². The Hall–Kier alpha value is -4.99. The van der Waals surface area contributed by atoms with Gasteiger partial charge in [0.15, 0.2) is 0 Å². The minimum Gasteiger partial charge on any atom is -0.412 e. The maximum absolute atomic E-state index is 3.96. The molecule has 24 N–H and O–H groups in total. The predicted molar refractivity (Wildman–Crippen MR) is 150 cm³/mol. The van der Waals surface area contributed by atoms with Crippen LogP contribution in [0.1, 0.15) is 0 Å². The van der Waals surface area contributed by atoms with E-state index < -0.39 is 14.2 Å². The number of nitrogens with zero attached hydrogens (tertiary/aromatic N) is 18. The van der Waals surface area contributed by atoms with Crippen LogP contribution in [0.15, 0.2) is 74.4 Å². The van der Waals surface area contributed by atoms with E-state index in [1.54, 1.807) is 102 Å². The van der Waals surface area contributed by atoms with Crippen LogP contribution in [0.4, 0.5) is 0 Å². The van der Waals surface area contributed by atoms with E-state index >= 15 is 0 Å². The van der Waals surface area contributed by atoms with Gasteiger partial charge in [-0.2, -0.15) is 0 Å². The van der Waals surface area contributed by atoms with Gasteiger partial charge in [-0.15, -0.1) is 61.9 Å². The third-order valence-electron chi connectivity index (χ3n) is 4.57. The molecule has 0 aliphatic carbocycles. The van der Waals surface area contributed by atoms with E-state index in [4.69, 9.17) is 0 Å². The van der Waals surface area contributed by atoms with Crippen molar-refractivity contribution < 1.29 is 82.8 Å². The van der Waals surface area contributed by atoms with E-state index in [-0.39, 0.29) is 82.8 Å². The third-order valence-corrected chi connectivity index (χ3v) is 4.57. The molecule has 6 heterocycles. The summed E-state index contributed by atoms with van der Waals surface area (Å²) in [4.78, 5) is 0. The van der Waals surface area contributed by atoms with E-state index in [1.165, 1.54) is 0 Å². The summed E-state index contributed by atoms with van der Waals surface area (Å²) in [6.45, 7) is 0. The minimum atomic E-state index is -1.31. The van der Waals surface area contributed by atoms with Crippen molar-refractivity contribution in [3.05, 3.63) is 74.4 Å². The zero-order valence-corrected chi connectivity index (χ0v) is 23.8. The van der Waals surface area contributed by atoms with Gasteiger partial charge in [0.05, 0.1) is 37.2 Å². The fourth-order valence-electron chi connectivity index (χ4n) is 3.19. The van der Waals surface area contributed by atoms with E-state index in [0.717, 1.165) is 0 Å². The van der Waals surface area contributed by atoms with Gasteiger partial charge in [0.25, 0.3) is 0 Å². The molecular formula is C12H38B2FeN18O12. The Morgan fingerprint density at radius 1 is 0.267 bits per heavy atom. The van der Waals surface area contributed by atoms with E-state index in [9.17, 15) is 0 Å². The molecule has 33 heteroatoms. The molecule has 0 saturated carbocycles. The molecule has 6 aromatic rings. The van der Waals surface area contributed by atoms with E-state index in [0.29, 0.717) is 0 Å². The second-order valence-corrected chi connectivity index (χ2v) is 6.50. The van der Waals surface area contributed by atoms with Crippen LogP contribution in [0.5, 0.6) is 0 Å². The first-order chi connectivity index (χ1) is 15.9. The minimum absolute atomic E-state index is 0. The van der Waals surface area contributed by atoms with Gasteiger partial charge in [0.2, 0.25) is 0 Å². The second kappa shape index (κ2) is 30.5. The Labute approximate surface area is 261 Å². The van der Waals surface area contributed by atoms with Crippen LogP contribution < -0.4 is 0 Å². The number of hydrogen-bond acceptors (Lipinski definition) is 12. The van der Waals surface area contributed by atoms with Gasteiger partial charge >= 0.3 is 31.3 Å². The SMILES string of the molecule is O.O.O.O.O.O.O.O.O.O.O.O.[Fe+2].c1cn([BH-](n2ccnn2)n2ccnn2)nn1.c1cn([BH-](n2ccnn2)n2ccnn2)nn1. The van der Waals surface area contributed by atoms with Crippen molar-refractivity contribution in [2.45, 2.75) is 0 Å². The zero-order chi connectivity index (χ0) is 21.6. The predicted octanol–water partition coefficient (Wildman–Crippen LogP) is -13.7. The Morgan fingerprint density at radius 3 is 0.489 bits per heavy atom. The topological polar surface area (TPSA) is 562 Å². The van der Waals surface area contributed by atoms with Gasteiger partial charge in [-0.25, -0.2) is 0 Å². The number of hydrogen-bond donors (Lipinski definition) is 0. The Balaban J connectivity index is -0.0000000638. The third kappa shape index (κ3) is 14.4. The number of aromatic nitrogens is 18. The molecular weight excluding hydrogens is 666 g/mol. The molecule has 30 nitrogen and oxygen atoms in total. The Kier molecular flexibility index (Phi) is 42.9. The quantitative estimate of drug-likeness (QED) is 0.146. The van der Waals surface area contributed by atoms with Crippen molar-refractivity contribution >= 4 is 14.2 Å². The molecule has 6 rings (SSSR count). The van der Waals surface area contributed by atoms with Gasteiger partial charge in [-0.3, -0.25) is 0 Å². The summed E-state index contributed by atoms with van der Waals surface area (Å²) >= 11 is 0. The molecule has 0 atom stereocenters. The van der Waals surface area contributed by atoms with Crippen molar-refractivity contribution in [3.63, 3.8) is 0 Å². The molecule has 0 bridgehead atoms. The largest absolute Gasteiger partial charge is 2.00 e. The average molecular weight is 704 g/mol. The molecule has 45 heavy (non-hydrogen) atoms. The standard InChI is InChI=1S/2C6H7BN9.Fe.12H2O/c2*1-4-14(11-8-1)7(15-5-2-9-12-15)16-6-3-10-13-16;;;;;;;;;;;;;/h2*1-7H;;12*1H2/q2*-1;+2;;;;;;;;;;;;. The summed E-state index contributed by atoms with van der Waals surface area (Å²) in [6, 6.07) is 0. The van der Waals surface area contributed by atoms with Gasteiger partial charge < -0.3 is 93.3 Å². The van der Waals surface area contributed by atoms with E-state index in [1.807, 2.05) is 0 Å². The molecule has 0 unspecified atom stereocenters. The van der Waals surface area contributed by atoms with E-state index in [2.05, 4.69) is 61.9 Å². The maximum atomic E-state index is 3.96. The van der Waals surface area contributed by atoms with Crippen molar-refractivity contribution in [1.29, 1.82) is 0 Å². The monoisotopic (exact) mass is 704 g/mol. The summed E-state index contributed by atoms with van der Waals surface area (Å²) in [7, 11) is -2.63. The summed E-state index contributed by atoms with van der Waals surface area (Å²) in [5.74, 6) is 0. The molecule has 0 aromatic carbocycles. The second-order valence-electron chi connectivity index (χ2n) is 6.50. The maximum Gasteiger partial charge on any atom is 2.00 e. The Morgan fingerprint density at radius 2 is 0.400 bits per heavy atom. The molecule has 0 saturated heterocycles. The Bertz CT molecular complexity index is 1040. The van der Waals surface area contributed by atoms with Gasteiger partial charge in [0, 0.05) is 37.2 Å². The van der Waals surface area contributed by atoms with Crippen molar-refractivity contribution in [2.75, 3.05) is 0 Å². The number of rotatable bonds is 6. The molecule has 6 aromatic heterocycles. The molecule has 0 fully saturated rings. The first kappa shape index (κ1) is 63.3. The average Bonchev–Trinajstić information content (AvgIpc) is 3.67. The van der Waals surface area contributed by atoms with Crippen molar-refractivity contribution in [3.8, 4) is 0 Å². The molecule has 262 valence electrons. The van der Waals surface area contributed by atoms with Crippen molar-refractivity contribution in [2.24, 2.45) is 0 Å². The zero-order valence-electron chi connectivity index (χ0n) is 22.7. The van der Waals surface area contributed by atoms with Crippen LogP contribution in [-0.4, -0.2) is 169 Å². The molecule has 0 aliphatic rings. The summed E-state index contributed by atoms with van der Waals surface area (Å²) in [5.41, 5.74) is 0. The smallest absolute Gasteiger partial charge is 0.412 e. The molecule has 0 amide bonds. The van der Waals surface area contributed by atoms with Crippen LogP contribution in [0.3, 0.4) is 0 Å². The fourth-order valence-corrected chi connectivity index (χ4v) is 3.19. The summed E-state index contributed by atoms with van der Waals surface area (Å²) < 4.78 is 10.1.